The van der Waals surface area contributed by atoms with Crippen molar-refractivity contribution in [2.24, 2.45) is 4.99 Å². The van der Waals surface area contributed by atoms with Crippen LogP contribution in [0, 0.1) is 12.7 Å². The molecule has 1 aliphatic rings. The van der Waals surface area contributed by atoms with Gasteiger partial charge in [-0.3, -0.25) is 9.36 Å². The molecule has 5 aromatic rings. The average Bonchev–Trinajstić information content (AvgIpc) is 3.42. The number of nitrogens with zero attached hydrogens (tertiary/aromatic N) is 3. The largest absolute Gasteiger partial charge is 0.463 e. The molecular weight excluding hydrogens is 608 g/mol. The topological polar surface area (TPSA) is 65.6 Å². The van der Waals surface area contributed by atoms with Crippen LogP contribution in [0.5, 0.6) is 0 Å². The van der Waals surface area contributed by atoms with Crippen molar-refractivity contribution in [1.29, 1.82) is 0 Å². The number of aromatic nitrogens is 2. The number of allylic oxidation sites excluding steroid dienone is 1. The third-order valence-corrected chi connectivity index (χ3v) is 9.17. The molecule has 0 N–H and O–H groups in total. The minimum atomic E-state index is -0.812. The molecule has 1 atom stereocenters. The average molecular weight is 635 g/mol. The molecule has 0 bridgehead atoms. The van der Waals surface area contributed by atoms with Gasteiger partial charge in [0.2, 0.25) is 0 Å². The molecule has 3 aromatic carbocycles. The van der Waals surface area contributed by atoms with E-state index in [1.54, 1.807) is 32.0 Å². The van der Waals surface area contributed by atoms with Crippen LogP contribution in [0.2, 0.25) is 10.0 Å². The van der Waals surface area contributed by atoms with E-state index >= 15 is 0 Å². The zero-order chi connectivity index (χ0) is 30.4. The molecule has 2 aromatic heterocycles. The Labute approximate surface area is 260 Å². The Morgan fingerprint density at radius 2 is 1.84 bits per heavy atom. The van der Waals surface area contributed by atoms with Crippen LogP contribution in [0.15, 0.2) is 87.8 Å². The highest BCUT2D eigenvalue weighted by Crippen LogP contribution is 2.32. The lowest BCUT2D eigenvalue weighted by atomic mass is 9.96. The van der Waals surface area contributed by atoms with Crippen LogP contribution in [0.3, 0.4) is 0 Å². The third kappa shape index (κ3) is 5.24. The van der Waals surface area contributed by atoms with Gasteiger partial charge in [-0.1, -0.05) is 70.9 Å². The minimum absolute atomic E-state index is 0.167. The summed E-state index contributed by atoms with van der Waals surface area (Å²) >= 11 is 13.9. The van der Waals surface area contributed by atoms with Crippen LogP contribution in [0.1, 0.15) is 42.3 Å². The first kappa shape index (κ1) is 29.1. The SMILES string of the molecule is CCOC(=O)C1=C(C)N=c2s/c(=C\c3c(C)n(Cc4ccc(Cl)cc4Cl)c4ccccc34)c(=O)n2[C@H]1c1ccc(F)cc1. The standard InChI is InChI=1S/C33H26Cl2FN3O3S/c1-4-42-32(41)29-18(2)37-33-39(30(29)20-10-13-23(36)14-11-20)31(40)28(43-33)16-25-19(3)38(27-8-6-5-7-24(25)27)17-21-9-12-22(34)15-26(21)35/h5-16,30H,4,17H2,1-3H3/b28-16-/t30-/m0/s1. The fraction of sp³-hybridized carbons (Fsp3) is 0.182. The number of thiazole rings is 1. The van der Waals surface area contributed by atoms with Gasteiger partial charge in [-0.25, -0.2) is 14.2 Å². The predicted molar refractivity (Wildman–Crippen MR) is 169 cm³/mol. The highest BCUT2D eigenvalue weighted by molar-refractivity contribution is 7.07. The molecule has 10 heteroatoms. The summed E-state index contributed by atoms with van der Waals surface area (Å²) in [5.41, 5.74) is 4.75. The van der Waals surface area contributed by atoms with Crippen molar-refractivity contribution >= 4 is 57.5 Å². The molecule has 0 radical (unpaired) electrons. The number of halogens is 3. The van der Waals surface area contributed by atoms with Crippen molar-refractivity contribution in [2.75, 3.05) is 6.61 Å². The van der Waals surface area contributed by atoms with E-state index in [1.165, 1.54) is 28.0 Å². The molecule has 3 heterocycles. The van der Waals surface area contributed by atoms with Crippen LogP contribution in [-0.4, -0.2) is 21.7 Å². The number of fused-ring (bicyclic) bond motifs is 2. The molecular formula is C33H26Cl2FN3O3S. The Bertz CT molecular complexity index is 2130. The molecule has 0 amide bonds. The minimum Gasteiger partial charge on any atom is -0.463 e. The summed E-state index contributed by atoms with van der Waals surface area (Å²) in [5.74, 6) is -0.978. The van der Waals surface area contributed by atoms with E-state index in [9.17, 15) is 14.0 Å². The monoisotopic (exact) mass is 633 g/mol. The zero-order valence-electron chi connectivity index (χ0n) is 23.5. The Morgan fingerprint density at radius 1 is 1.09 bits per heavy atom. The van der Waals surface area contributed by atoms with Crippen molar-refractivity contribution in [3.8, 4) is 0 Å². The highest BCUT2D eigenvalue weighted by atomic mass is 35.5. The molecule has 0 unspecified atom stereocenters. The van der Waals surface area contributed by atoms with E-state index in [1.807, 2.05) is 49.4 Å². The smallest absolute Gasteiger partial charge is 0.338 e. The van der Waals surface area contributed by atoms with Crippen LogP contribution in [0.4, 0.5) is 4.39 Å². The van der Waals surface area contributed by atoms with Crippen molar-refractivity contribution in [3.05, 3.63) is 136 Å². The maximum absolute atomic E-state index is 14.1. The molecule has 1 aliphatic heterocycles. The summed E-state index contributed by atoms with van der Waals surface area (Å²) in [5, 5.41) is 2.13. The molecule has 0 saturated heterocycles. The molecule has 43 heavy (non-hydrogen) atoms. The van der Waals surface area contributed by atoms with E-state index < -0.39 is 17.8 Å². The maximum atomic E-state index is 14.1. The number of carbonyl (C=O) groups is 1. The van der Waals surface area contributed by atoms with Crippen LogP contribution < -0.4 is 14.9 Å². The summed E-state index contributed by atoms with van der Waals surface area (Å²) in [7, 11) is 0. The fourth-order valence-electron chi connectivity index (χ4n) is 5.55. The quantitative estimate of drug-likeness (QED) is 0.199. The van der Waals surface area contributed by atoms with E-state index in [0.717, 1.165) is 27.7 Å². The molecule has 218 valence electrons. The van der Waals surface area contributed by atoms with Crippen LogP contribution in [0.25, 0.3) is 17.0 Å². The second kappa shape index (κ2) is 11.6. The van der Waals surface area contributed by atoms with Gasteiger partial charge < -0.3 is 9.30 Å². The lowest BCUT2D eigenvalue weighted by Crippen LogP contribution is -2.39. The molecule has 0 fully saturated rings. The number of benzene rings is 3. The Balaban J connectivity index is 1.54. The number of hydrogen-bond donors (Lipinski definition) is 0. The van der Waals surface area contributed by atoms with Gasteiger partial charge >= 0.3 is 5.97 Å². The number of ether oxygens (including phenoxy) is 1. The van der Waals surface area contributed by atoms with Crippen molar-refractivity contribution in [2.45, 2.75) is 33.4 Å². The summed E-state index contributed by atoms with van der Waals surface area (Å²) < 4.78 is 23.3. The number of para-hydroxylation sites is 1. The Kier molecular flexibility index (Phi) is 7.85. The van der Waals surface area contributed by atoms with Gasteiger partial charge in [0.05, 0.1) is 28.5 Å². The van der Waals surface area contributed by atoms with Crippen LogP contribution in [-0.2, 0) is 16.1 Å². The Hall–Kier alpha value is -3.98. The van der Waals surface area contributed by atoms with E-state index in [0.29, 0.717) is 37.2 Å². The number of carbonyl (C=O) groups excluding carboxylic acids is 1. The number of rotatable bonds is 6. The van der Waals surface area contributed by atoms with Gasteiger partial charge in [0.1, 0.15) is 5.82 Å². The molecule has 6 nitrogen and oxygen atoms in total. The van der Waals surface area contributed by atoms with Crippen LogP contribution >= 0.6 is 34.5 Å². The summed E-state index contributed by atoms with van der Waals surface area (Å²) in [6.07, 6.45) is 1.88. The summed E-state index contributed by atoms with van der Waals surface area (Å²) in [6, 6.07) is 18.4. The molecule has 0 aliphatic carbocycles. The van der Waals surface area contributed by atoms with Crippen molar-refractivity contribution < 1.29 is 13.9 Å². The normalized spacial score (nSPS) is 15.1. The third-order valence-electron chi connectivity index (χ3n) is 7.60. The lowest BCUT2D eigenvalue weighted by molar-refractivity contribution is -0.139. The van der Waals surface area contributed by atoms with Crippen molar-refractivity contribution in [3.63, 3.8) is 0 Å². The maximum Gasteiger partial charge on any atom is 0.338 e. The highest BCUT2D eigenvalue weighted by Gasteiger charge is 2.33. The number of esters is 1. The second-order valence-electron chi connectivity index (χ2n) is 10.2. The first-order chi connectivity index (χ1) is 20.7. The first-order valence-electron chi connectivity index (χ1n) is 13.6. The fourth-order valence-corrected chi connectivity index (χ4v) is 7.04. The predicted octanol–water partition coefficient (Wildman–Crippen LogP) is 6.56. The zero-order valence-corrected chi connectivity index (χ0v) is 25.9. The molecule has 0 spiro atoms. The van der Waals surface area contributed by atoms with Gasteiger partial charge in [0.25, 0.3) is 5.56 Å². The summed E-state index contributed by atoms with van der Waals surface area (Å²) in [6.45, 7) is 6.14. The van der Waals surface area contributed by atoms with E-state index in [4.69, 9.17) is 27.9 Å². The van der Waals surface area contributed by atoms with Gasteiger partial charge in [-0.2, -0.15) is 0 Å². The molecule has 0 saturated carbocycles. The van der Waals surface area contributed by atoms with Gasteiger partial charge in [-0.15, -0.1) is 0 Å². The first-order valence-corrected chi connectivity index (χ1v) is 15.2. The second-order valence-corrected chi connectivity index (χ2v) is 12.0. The lowest BCUT2D eigenvalue weighted by Gasteiger charge is -2.24. The number of hydrogen-bond acceptors (Lipinski definition) is 5. The van der Waals surface area contributed by atoms with Crippen molar-refractivity contribution in [1.82, 2.24) is 9.13 Å². The molecule has 6 rings (SSSR count). The van der Waals surface area contributed by atoms with Gasteiger partial charge in [0, 0.05) is 38.8 Å². The van der Waals surface area contributed by atoms with E-state index in [-0.39, 0.29) is 17.7 Å². The summed E-state index contributed by atoms with van der Waals surface area (Å²) in [4.78, 5) is 32.3. The van der Waals surface area contributed by atoms with E-state index in [2.05, 4.69) is 9.56 Å². The van der Waals surface area contributed by atoms with Gasteiger partial charge in [0.15, 0.2) is 4.80 Å². The van der Waals surface area contributed by atoms with Gasteiger partial charge in [-0.05, 0) is 68.3 Å². The Morgan fingerprint density at radius 3 is 2.56 bits per heavy atom.